The standard InChI is InChI=1S/C35H33NO5/c1-35(2,3)25-14-11-22(12-15-25)19-24-7-6-9-27-32(26-8-4-5-10-28(26)36-33(24)27)34(38)41-21-29(37)23-13-16-30-31(20-23)40-18-17-39-30/h4-5,8,10-16,19-20H,6-7,9,17-18,21H2,1-3H3/b24-19-. The molecule has 6 rings (SSSR count). The number of rotatable bonds is 5. The highest BCUT2D eigenvalue weighted by Gasteiger charge is 2.27. The largest absolute Gasteiger partial charge is 0.486 e. The zero-order chi connectivity index (χ0) is 28.6. The van der Waals surface area contributed by atoms with Crippen LogP contribution in [0.2, 0.25) is 0 Å². The van der Waals surface area contributed by atoms with Crippen molar-refractivity contribution >= 4 is 34.3 Å². The fourth-order valence-electron chi connectivity index (χ4n) is 5.49. The van der Waals surface area contributed by atoms with Crippen LogP contribution in [0.15, 0.2) is 66.7 Å². The number of ketones is 1. The molecule has 4 aromatic rings. The van der Waals surface area contributed by atoms with Gasteiger partial charge in [-0.1, -0.05) is 63.2 Å². The van der Waals surface area contributed by atoms with Crippen molar-refractivity contribution in [3.63, 3.8) is 0 Å². The van der Waals surface area contributed by atoms with Gasteiger partial charge in [0.1, 0.15) is 13.2 Å². The molecular weight excluding hydrogens is 514 g/mol. The third kappa shape index (κ3) is 5.47. The van der Waals surface area contributed by atoms with Crippen LogP contribution in [0.25, 0.3) is 22.6 Å². The van der Waals surface area contributed by atoms with Gasteiger partial charge in [0.2, 0.25) is 0 Å². The molecule has 3 aromatic carbocycles. The first-order valence-corrected chi connectivity index (χ1v) is 14.1. The number of ether oxygens (including phenoxy) is 3. The van der Waals surface area contributed by atoms with Crippen LogP contribution in [0.4, 0.5) is 0 Å². The highest BCUT2D eigenvalue weighted by molar-refractivity contribution is 6.08. The van der Waals surface area contributed by atoms with E-state index in [1.807, 2.05) is 24.3 Å². The van der Waals surface area contributed by atoms with Gasteiger partial charge >= 0.3 is 5.97 Å². The zero-order valence-electron chi connectivity index (χ0n) is 23.7. The number of aromatic nitrogens is 1. The van der Waals surface area contributed by atoms with Gasteiger partial charge in [0.25, 0.3) is 0 Å². The average Bonchev–Trinajstić information content (AvgIpc) is 2.98. The number of fused-ring (bicyclic) bond motifs is 3. The fraction of sp³-hybridized carbons (Fsp3) is 0.286. The average molecular weight is 548 g/mol. The SMILES string of the molecule is CC(C)(C)c1ccc(/C=C2/CCCc3c2nc2ccccc2c3C(=O)OCC(=O)c2ccc3c(c2)OCCO3)cc1. The van der Waals surface area contributed by atoms with Crippen LogP contribution in [-0.2, 0) is 16.6 Å². The van der Waals surface area contributed by atoms with E-state index in [1.165, 1.54) is 5.56 Å². The monoisotopic (exact) mass is 547 g/mol. The van der Waals surface area contributed by atoms with Crippen LogP contribution in [0, 0.1) is 0 Å². The quantitative estimate of drug-likeness (QED) is 0.194. The second-order valence-corrected chi connectivity index (χ2v) is 11.6. The Balaban J connectivity index is 1.30. The van der Waals surface area contributed by atoms with Gasteiger partial charge in [-0.3, -0.25) is 4.79 Å². The molecule has 0 spiro atoms. The van der Waals surface area contributed by atoms with Gasteiger partial charge in [-0.25, -0.2) is 9.78 Å². The number of hydrogen-bond donors (Lipinski definition) is 0. The molecule has 0 atom stereocenters. The number of esters is 1. The Morgan fingerprint density at radius 3 is 2.46 bits per heavy atom. The summed E-state index contributed by atoms with van der Waals surface area (Å²) < 4.78 is 16.8. The van der Waals surface area contributed by atoms with E-state index in [4.69, 9.17) is 19.2 Å². The molecule has 0 radical (unpaired) electrons. The first-order valence-electron chi connectivity index (χ1n) is 14.1. The third-order valence-electron chi connectivity index (χ3n) is 7.69. The molecule has 208 valence electrons. The Hall–Kier alpha value is -4.45. The molecule has 1 aliphatic carbocycles. The molecule has 0 saturated carbocycles. The van der Waals surface area contributed by atoms with Crippen LogP contribution in [0.3, 0.4) is 0 Å². The molecule has 0 amide bonds. The van der Waals surface area contributed by atoms with Crippen LogP contribution in [-0.4, -0.2) is 36.6 Å². The number of hydrogen-bond acceptors (Lipinski definition) is 6. The maximum Gasteiger partial charge on any atom is 0.339 e. The molecule has 41 heavy (non-hydrogen) atoms. The zero-order valence-corrected chi connectivity index (χ0v) is 23.7. The number of allylic oxidation sites excluding steroid dienone is 1. The van der Waals surface area contributed by atoms with E-state index in [1.54, 1.807) is 18.2 Å². The van der Waals surface area contributed by atoms with E-state index in [-0.39, 0.29) is 17.8 Å². The van der Waals surface area contributed by atoms with Crippen molar-refractivity contribution in [2.45, 2.75) is 45.4 Å². The highest BCUT2D eigenvalue weighted by Crippen LogP contribution is 2.37. The second-order valence-electron chi connectivity index (χ2n) is 11.6. The van der Waals surface area contributed by atoms with E-state index >= 15 is 0 Å². The highest BCUT2D eigenvalue weighted by atomic mass is 16.6. The number of para-hydroxylation sites is 1. The summed E-state index contributed by atoms with van der Waals surface area (Å²) in [4.78, 5) is 31.6. The van der Waals surface area contributed by atoms with Crippen LogP contribution in [0.1, 0.15) is 76.7 Å². The lowest BCUT2D eigenvalue weighted by molar-refractivity contribution is 0.0475. The summed E-state index contributed by atoms with van der Waals surface area (Å²) in [6.07, 6.45) is 4.66. The number of nitrogens with zero attached hydrogens (tertiary/aromatic N) is 1. The molecule has 6 nitrogen and oxygen atoms in total. The Kier molecular flexibility index (Phi) is 7.08. The van der Waals surface area contributed by atoms with Crippen molar-refractivity contribution in [2.24, 2.45) is 0 Å². The number of Topliss-reactive ketones (excluding diaryl/α,β-unsaturated/α-hetero) is 1. The summed E-state index contributed by atoms with van der Waals surface area (Å²) in [6, 6.07) is 21.3. The number of benzene rings is 3. The van der Waals surface area contributed by atoms with Crippen LogP contribution >= 0.6 is 0 Å². The Labute approximate surface area is 240 Å². The maximum atomic E-state index is 13.6. The van der Waals surface area contributed by atoms with E-state index in [0.29, 0.717) is 42.3 Å². The number of carbonyl (C=O) groups is 2. The van der Waals surface area contributed by atoms with Gasteiger partial charge in [-0.2, -0.15) is 0 Å². The second kappa shape index (κ2) is 10.8. The van der Waals surface area contributed by atoms with E-state index in [2.05, 4.69) is 51.1 Å². The lowest BCUT2D eigenvalue weighted by Gasteiger charge is -2.23. The van der Waals surface area contributed by atoms with E-state index in [9.17, 15) is 9.59 Å². The Bertz CT molecular complexity index is 1680. The van der Waals surface area contributed by atoms with Crippen molar-refractivity contribution in [1.29, 1.82) is 0 Å². The summed E-state index contributed by atoms with van der Waals surface area (Å²) in [5, 5.41) is 0.735. The van der Waals surface area contributed by atoms with Crippen molar-refractivity contribution in [1.82, 2.24) is 4.98 Å². The maximum absolute atomic E-state index is 13.6. The number of carbonyl (C=O) groups excluding carboxylic acids is 2. The Morgan fingerprint density at radius 1 is 0.927 bits per heavy atom. The molecule has 2 aliphatic rings. The van der Waals surface area contributed by atoms with Gasteiger partial charge in [0.05, 0.1) is 16.8 Å². The van der Waals surface area contributed by atoms with Gasteiger partial charge in [-0.15, -0.1) is 0 Å². The predicted molar refractivity (Wildman–Crippen MR) is 160 cm³/mol. The van der Waals surface area contributed by atoms with Crippen molar-refractivity contribution < 1.29 is 23.8 Å². The van der Waals surface area contributed by atoms with Crippen molar-refractivity contribution in [3.05, 3.63) is 100 Å². The lowest BCUT2D eigenvalue weighted by Crippen LogP contribution is -2.19. The molecule has 0 fully saturated rings. The molecule has 6 heteroatoms. The van der Waals surface area contributed by atoms with E-state index < -0.39 is 5.97 Å². The molecule has 1 aliphatic heterocycles. The molecule has 2 heterocycles. The lowest BCUT2D eigenvalue weighted by atomic mass is 9.85. The van der Waals surface area contributed by atoms with Gasteiger partial charge in [0.15, 0.2) is 23.9 Å². The minimum Gasteiger partial charge on any atom is -0.486 e. The number of pyridine rings is 1. The summed E-state index contributed by atoms with van der Waals surface area (Å²) in [5.41, 5.74) is 6.91. The molecular formula is C35H33NO5. The summed E-state index contributed by atoms with van der Waals surface area (Å²) in [7, 11) is 0. The van der Waals surface area contributed by atoms with Crippen LogP contribution < -0.4 is 9.47 Å². The molecule has 0 unspecified atom stereocenters. The van der Waals surface area contributed by atoms with Gasteiger partial charge < -0.3 is 14.2 Å². The first kappa shape index (κ1) is 26.8. The van der Waals surface area contributed by atoms with E-state index in [0.717, 1.165) is 46.1 Å². The minimum absolute atomic E-state index is 0.0856. The van der Waals surface area contributed by atoms with Crippen molar-refractivity contribution in [3.8, 4) is 11.5 Å². The summed E-state index contributed by atoms with van der Waals surface area (Å²) >= 11 is 0. The molecule has 0 bridgehead atoms. The minimum atomic E-state index is -0.512. The predicted octanol–water partition coefficient (Wildman–Crippen LogP) is 7.22. The normalized spacial score (nSPS) is 15.4. The molecule has 0 N–H and O–H groups in total. The van der Waals surface area contributed by atoms with Gasteiger partial charge in [0, 0.05) is 10.9 Å². The first-order chi connectivity index (χ1) is 19.8. The molecule has 1 aromatic heterocycles. The summed E-state index contributed by atoms with van der Waals surface area (Å²) in [5.74, 6) is 0.312. The molecule has 0 saturated heterocycles. The topological polar surface area (TPSA) is 74.7 Å². The Morgan fingerprint density at radius 2 is 1.68 bits per heavy atom. The summed E-state index contributed by atoms with van der Waals surface area (Å²) in [6.45, 7) is 7.15. The van der Waals surface area contributed by atoms with Crippen molar-refractivity contribution in [2.75, 3.05) is 19.8 Å². The smallest absolute Gasteiger partial charge is 0.339 e. The van der Waals surface area contributed by atoms with Crippen LogP contribution in [0.5, 0.6) is 11.5 Å². The third-order valence-corrected chi connectivity index (χ3v) is 7.69. The van der Waals surface area contributed by atoms with Gasteiger partial charge in [-0.05, 0) is 77.3 Å². The fourth-order valence-corrected chi connectivity index (χ4v) is 5.49.